The Hall–Kier alpha value is -0.470. The zero-order valence-corrected chi connectivity index (χ0v) is 10.7. The highest BCUT2D eigenvalue weighted by atomic mass is 32.2. The van der Waals surface area contributed by atoms with Crippen LogP contribution in [0, 0.1) is 6.92 Å². The maximum Gasteiger partial charge on any atom is 0.0185 e. The van der Waals surface area contributed by atoms with Crippen LogP contribution in [0.1, 0.15) is 24.5 Å². The van der Waals surface area contributed by atoms with Crippen LogP contribution in [-0.4, -0.2) is 18.8 Å². The van der Waals surface area contributed by atoms with E-state index in [2.05, 4.69) is 43.4 Å². The third-order valence-electron chi connectivity index (χ3n) is 2.57. The summed E-state index contributed by atoms with van der Waals surface area (Å²) in [7, 11) is 2.04. The van der Waals surface area contributed by atoms with Crippen LogP contribution in [-0.2, 0) is 5.75 Å². The predicted octanol–water partition coefficient (Wildman–Crippen LogP) is 3.23. The molecule has 0 fully saturated rings. The smallest absolute Gasteiger partial charge is 0.0185 e. The Bertz CT molecular complexity index is 282. The Morgan fingerprint density at radius 3 is 2.80 bits per heavy atom. The van der Waals surface area contributed by atoms with Crippen molar-refractivity contribution in [1.82, 2.24) is 5.32 Å². The van der Waals surface area contributed by atoms with Crippen molar-refractivity contribution in [3.8, 4) is 0 Å². The molecule has 0 saturated carbocycles. The van der Waals surface area contributed by atoms with Gasteiger partial charge in [0.15, 0.2) is 0 Å². The Morgan fingerprint density at radius 2 is 2.20 bits per heavy atom. The SMILES string of the molecule is CCC(CSCc1cccc(C)c1)NC. The van der Waals surface area contributed by atoms with Crippen LogP contribution in [0.2, 0.25) is 0 Å². The summed E-state index contributed by atoms with van der Waals surface area (Å²) in [6.45, 7) is 4.38. The lowest BCUT2D eigenvalue weighted by Gasteiger charge is -2.12. The van der Waals surface area contributed by atoms with Gasteiger partial charge in [0.1, 0.15) is 0 Å². The molecular formula is C13H21NS. The van der Waals surface area contributed by atoms with Crippen LogP contribution in [0.4, 0.5) is 0 Å². The van der Waals surface area contributed by atoms with Crippen molar-refractivity contribution in [2.75, 3.05) is 12.8 Å². The van der Waals surface area contributed by atoms with Gasteiger partial charge in [-0.2, -0.15) is 11.8 Å². The van der Waals surface area contributed by atoms with E-state index in [1.807, 2.05) is 18.8 Å². The summed E-state index contributed by atoms with van der Waals surface area (Å²) in [6.07, 6.45) is 1.21. The lowest BCUT2D eigenvalue weighted by molar-refractivity contribution is 0.602. The fraction of sp³-hybridized carbons (Fsp3) is 0.538. The zero-order chi connectivity index (χ0) is 11.1. The van der Waals surface area contributed by atoms with Crippen molar-refractivity contribution in [3.05, 3.63) is 35.4 Å². The molecule has 1 aromatic rings. The van der Waals surface area contributed by atoms with Crippen LogP contribution in [0.15, 0.2) is 24.3 Å². The van der Waals surface area contributed by atoms with Crippen LogP contribution < -0.4 is 5.32 Å². The Balaban J connectivity index is 2.31. The molecule has 1 N–H and O–H groups in total. The molecule has 0 aliphatic heterocycles. The van der Waals surface area contributed by atoms with Crippen molar-refractivity contribution in [3.63, 3.8) is 0 Å². The second-order valence-electron chi connectivity index (χ2n) is 3.90. The molecule has 1 atom stereocenters. The van der Waals surface area contributed by atoms with Gasteiger partial charge in [-0.25, -0.2) is 0 Å². The second kappa shape index (κ2) is 6.91. The van der Waals surface area contributed by atoms with Crippen LogP contribution in [0.5, 0.6) is 0 Å². The topological polar surface area (TPSA) is 12.0 Å². The molecule has 84 valence electrons. The number of hydrogen-bond donors (Lipinski definition) is 1. The monoisotopic (exact) mass is 223 g/mol. The molecule has 0 aromatic heterocycles. The largest absolute Gasteiger partial charge is 0.316 e. The summed E-state index contributed by atoms with van der Waals surface area (Å²) >= 11 is 2.01. The maximum absolute atomic E-state index is 3.33. The average Bonchev–Trinajstić information content (AvgIpc) is 2.25. The molecule has 2 heteroatoms. The minimum Gasteiger partial charge on any atom is -0.316 e. The van der Waals surface area contributed by atoms with Crippen molar-refractivity contribution < 1.29 is 0 Å². The van der Waals surface area contributed by atoms with E-state index in [0.29, 0.717) is 6.04 Å². The number of aryl methyl sites for hydroxylation is 1. The molecule has 0 radical (unpaired) electrons. The van der Waals surface area contributed by atoms with Gasteiger partial charge in [0.2, 0.25) is 0 Å². The fourth-order valence-corrected chi connectivity index (χ4v) is 2.75. The minimum absolute atomic E-state index is 0.653. The van der Waals surface area contributed by atoms with Crippen LogP contribution >= 0.6 is 11.8 Å². The lowest BCUT2D eigenvalue weighted by Crippen LogP contribution is -2.26. The summed E-state index contributed by atoms with van der Waals surface area (Å²) in [5, 5.41) is 3.33. The Kier molecular flexibility index (Phi) is 5.81. The molecule has 0 spiro atoms. The minimum atomic E-state index is 0.653. The van der Waals surface area contributed by atoms with Gasteiger partial charge in [0, 0.05) is 17.5 Å². The standard InChI is InChI=1S/C13H21NS/c1-4-13(14-3)10-15-9-12-7-5-6-11(2)8-12/h5-8,13-14H,4,9-10H2,1-3H3. The summed E-state index contributed by atoms with van der Waals surface area (Å²) in [6, 6.07) is 9.42. The summed E-state index contributed by atoms with van der Waals surface area (Å²) in [5.74, 6) is 2.32. The van der Waals surface area contributed by atoms with E-state index < -0.39 is 0 Å². The van der Waals surface area contributed by atoms with Gasteiger partial charge in [0.05, 0.1) is 0 Å². The van der Waals surface area contributed by atoms with Crippen molar-refractivity contribution in [2.45, 2.75) is 32.1 Å². The quantitative estimate of drug-likeness (QED) is 0.794. The first-order chi connectivity index (χ1) is 7.26. The van der Waals surface area contributed by atoms with Crippen molar-refractivity contribution >= 4 is 11.8 Å². The normalized spacial score (nSPS) is 12.7. The summed E-state index contributed by atoms with van der Waals surface area (Å²) in [5.41, 5.74) is 2.79. The number of rotatable bonds is 6. The fourth-order valence-electron chi connectivity index (χ4n) is 1.53. The molecular weight excluding hydrogens is 202 g/mol. The van der Waals surface area contributed by atoms with Crippen molar-refractivity contribution in [1.29, 1.82) is 0 Å². The molecule has 0 aliphatic rings. The van der Waals surface area contributed by atoms with E-state index in [1.54, 1.807) is 0 Å². The first kappa shape index (κ1) is 12.6. The van der Waals surface area contributed by atoms with E-state index in [0.717, 1.165) is 5.75 Å². The first-order valence-electron chi connectivity index (χ1n) is 5.56. The summed E-state index contributed by atoms with van der Waals surface area (Å²) in [4.78, 5) is 0. The van der Waals surface area contributed by atoms with E-state index >= 15 is 0 Å². The third-order valence-corrected chi connectivity index (χ3v) is 3.75. The van der Waals surface area contributed by atoms with E-state index in [-0.39, 0.29) is 0 Å². The van der Waals surface area contributed by atoms with Gasteiger partial charge >= 0.3 is 0 Å². The molecule has 0 amide bonds. The van der Waals surface area contributed by atoms with Gasteiger partial charge in [-0.3, -0.25) is 0 Å². The Morgan fingerprint density at radius 1 is 1.40 bits per heavy atom. The molecule has 0 aliphatic carbocycles. The second-order valence-corrected chi connectivity index (χ2v) is 4.93. The van der Waals surface area contributed by atoms with Gasteiger partial charge < -0.3 is 5.32 Å². The van der Waals surface area contributed by atoms with Crippen molar-refractivity contribution in [2.24, 2.45) is 0 Å². The summed E-state index contributed by atoms with van der Waals surface area (Å²) < 4.78 is 0. The van der Waals surface area contributed by atoms with Crippen LogP contribution in [0.3, 0.4) is 0 Å². The highest BCUT2D eigenvalue weighted by Gasteiger charge is 2.02. The number of thioether (sulfide) groups is 1. The molecule has 1 unspecified atom stereocenters. The van der Waals surface area contributed by atoms with Gasteiger partial charge in [-0.15, -0.1) is 0 Å². The maximum atomic E-state index is 3.33. The number of benzene rings is 1. The van der Waals surface area contributed by atoms with E-state index in [9.17, 15) is 0 Å². The highest BCUT2D eigenvalue weighted by molar-refractivity contribution is 7.98. The number of nitrogens with one attached hydrogen (secondary N) is 1. The molecule has 0 heterocycles. The molecule has 1 rings (SSSR count). The van der Waals surface area contributed by atoms with E-state index in [1.165, 1.54) is 23.3 Å². The van der Waals surface area contributed by atoms with Gasteiger partial charge in [0.25, 0.3) is 0 Å². The average molecular weight is 223 g/mol. The number of hydrogen-bond acceptors (Lipinski definition) is 2. The zero-order valence-electron chi connectivity index (χ0n) is 9.92. The Labute approximate surface area is 97.7 Å². The molecule has 0 saturated heterocycles. The van der Waals surface area contributed by atoms with Gasteiger partial charge in [-0.05, 0) is 26.0 Å². The molecule has 1 nitrogen and oxygen atoms in total. The first-order valence-corrected chi connectivity index (χ1v) is 6.72. The van der Waals surface area contributed by atoms with Gasteiger partial charge in [-0.1, -0.05) is 36.8 Å². The van der Waals surface area contributed by atoms with E-state index in [4.69, 9.17) is 0 Å². The molecule has 1 aromatic carbocycles. The van der Waals surface area contributed by atoms with Crippen LogP contribution in [0.25, 0.3) is 0 Å². The predicted molar refractivity (Wildman–Crippen MR) is 70.5 cm³/mol. The lowest BCUT2D eigenvalue weighted by atomic mass is 10.2. The highest BCUT2D eigenvalue weighted by Crippen LogP contribution is 2.15. The third kappa shape index (κ3) is 4.72. The molecule has 0 bridgehead atoms. The molecule has 15 heavy (non-hydrogen) atoms.